The molecule has 8 nitrogen and oxygen atoms in total. The third kappa shape index (κ3) is 3.38. The van der Waals surface area contributed by atoms with Gasteiger partial charge in [-0.15, -0.1) is 0 Å². The van der Waals surface area contributed by atoms with E-state index in [2.05, 4.69) is 24.0 Å². The molecule has 0 bridgehead atoms. The molecule has 0 spiro atoms. The Kier molecular flexibility index (Phi) is 4.53. The highest BCUT2D eigenvalue weighted by atomic mass is 16.5. The summed E-state index contributed by atoms with van der Waals surface area (Å²) in [6.07, 6.45) is 3.36. The van der Waals surface area contributed by atoms with Crippen LogP contribution in [0.2, 0.25) is 0 Å². The lowest BCUT2D eigenvalue weighted by Crippen LogP contribution is -2.34. The highest BCUT2D eigenvalue weighted by Crippen LogP contribution is 2.46. The second-order valence-electron chi connectivity index (χ2n) is 8.17. The lowest BCUT2D eigenvalue weighted by Gasteiger charge is -2.20. The van der Waals surface area contributed by atoms with Crippen LogP contribution < -0.4 is 0 Å². The Morgan fingerprint density at radius 2 is 2.15 bits per heavy atom. The van der Waals surface area contributed by atoms with Gasteiger partial charge in [0, 0.05) is 49.1 Å². The number of aromatic nitrogens is 4. The fourth-order valence-corrected chi connectivity index (χ4v) is 3.55. The number of fused-ring (bicyclic) bond motifs is 1. The molecule has 0 N–H and O–H groups in total. The maximum atomic E-state index is 12.3. The largest absolute Gasteiger partial charge is 0.376 e. The molecular weight excluding hydrogens is 346 g/mol. The van der Waals surface area contributed by atoms with Crippen LogP contribution in [0.15, 0.2) is 4.52 Å². The average molecular weight is 373 g/mol. The minimum Gasteiger partial charge on any atom is -0.376 e. The average Bonchev–Trinajstić information content (AvgIpc) is 3.09. The summed E-state index contributed by atoms with van der Waals surface area (Å²) in [5, 5.41) is 8.81. The summed E-state index contributed by atoms with van der Waals surface area (Å²) in [6.45, 7) is 8.05. The molecule has 2 aromatic rings. The Balaban J connectivity index is 1.49. The van der Waals surface area contributed by atoms with E-state index in [0.29, 0.717) is 43.6 Å². The van der Waals surface area contributed by atoms with Gasteiger partial charge in [-0.3, -0.25) is 9.48 Å². The molecule has 1 saturated carbocycles. The Hall–Kier alpha value is -2.22. The van der Waals surface area contributed by atoms with Crippen LogP contribution in [0.3, 0.4) is 0 Å². The summed E-state index contributed by atoms with van der Waals surface area (Å²) in [4.78, 5) is 18.6. The van der Waals surface area contributed by atoms with Gasteiger partial charge >= 0.3 is 0 Å². The quantitative estimate of drug-likeness (QED) is 0.773. The Morgan fingerprint density at radius 1 is 1.37 bits per heavy atom. The van der Waals surface area contributed by atoms with E-state index in [4.69, 9.17) is 14.4 Å². The van der Waals surface area contributed by atoms with E-state index in [1.165, 1.54) is 5.69 Å². The van der Waals surface area contributed by atoms with Crippen molar-refractivity contribution in [1.82, 2.24) is 24.8 Å². The van der Waals surface area contributed by atoms with Crippen molar-refractivity contribution in [1.29, 1.82) is 0 Å². The highest BCUT2D eigenvalue weighted by Gasteiger charge is 2.46. The first kappa shape index (κ1) is 18.2. The van der Waals surface area contributed by atoms with Crippen molar-refractivity contribution in [3.63, 3.8) is 0 Å². The lowest BCUT2D eigenvalue weighted by molar-refractivity contribution is -0.135. The maximum absolute atomic E-state index is 12.3. The van der Waals surface area contributed by atoms with Gasteiger partial charge in [0.2, 0.25) is 5.91 Å². The minimum atomic E-state index is -0.153. The van der Waals surface area contributed by atoms with Crippen molar-refractivity contribution < 1.29 is 14.1 Å². The summed E-state index contributed by atoms with van der Waals surface area (Å²) in [6, 6.07) is 0.261. The van der Waals surface area contributed by atoms with Gasteiger partial charge in [0.1, 0.15) is 0 Å². The topological polar surface area (TPSA) is 86.3 Å². The van der Waals surface area contributed by atoms with E-state index in [-0.39, 0.29) is 17.4 Å². The molecule has 2 aliphatic rings. The van der Waals surface area contributed by atoms with E-state index in [1.807, 2.05) is 18.7 Å². The van der Waals surface area contributed by atoms with Crippen molar-refractivity contribution in [2.45, 2.75) is 59.1 Å². The van der Waals surface area contributed by atoms with Gasteiger partial charge in [-0.05, 0) is 26.7 Å². The zero-order chi connectivity index (χ0) is 19.2. The molecule has 3 heterocycles. The molecule has 146 valence electrons. The molecule has 8 heteroatoms. The van der Waals surface area contributed by atoms with E-state index in [1.54, 1.807) is 4.90 Å². The van der Waals surface area contributed by atoms with Crippen molar-refractivity contribution in [2.24, 2.45) is 5.41 Å². The number of hydrogen-bond acceptors (Lipinski definition) is 6. The molecule has 1 aliphatic heterocycles. The van der Waals surface area contributed by atoms with Gasteiger partial charge in [-0.2, -0.15) is 10.1 Å². The van der Waals surface area contributed by atoms with Crippen LogP contribution in [0.25, 0.3) is 11.6 Å². The van der Waals surface area contributed by atoms with Crippen LogP contribution in [0, 0.1) is 5.41 Å². The Bertz CT molecular complexity index is 850. The summed E-state index contributed by atoms with van der Waals surface area (Å²) in [5.74, 6) is 1.22. The SMILES string of the molecule is CC(C)n1nc(-c2nc(CCN(C)C(=O)C3(C)CC3)no2)c2c1CCOC2. The standard InChI is InChI=1S/C19H27N5O3/c1-12(2)24-14-6-10-26-11-13(14)16(21-24)17-20-15(22-27-17)5-9-23(4)18(25)19(3)7-8-19/h12H,5-11H2,1-4H3. The predicted octanol–water partition coefficient (Wildman–Crippen LogP) is 2.39. The van der Waals surface area contributed by atoms with E-state index >= 15 is 0 Å². The molecule has 0 radical (unpaired) electrons. The molecule has 2 aromatic heterocycles. The Labute approximate surface area is 158 Å². The van der Waals surface area contributed by atoms with E-state index in [9.17, 15) is 4.79 Å². The van der Waals surface area contributed by atoms with Gasteiger partial charge in [0.05, 0.1) is 13.2 Å². The zero-order valence-corrected chi connectivity index (χ0v) is 16.5. The molecule has 1 fully saturated rings. The van der Waals surface area contributed by atoms with E-state index < -0.39 is 0 Å². The highest BCUT2D eigenvalue weighted by molar-refractivity contribution is 5.84. The first-order valence-corrected chi connectivity index (χ1v) is 9.65. The number of hydrogen-bond donors (Lipinski definition) is 0. The first-order valence-electron chi connectivity index (χ1n) is 9.65. The molecule has 1 amide bonds. The van der Waals surface area contributed by atoms with Crippen LogP contribution >= 0.6 is 0 Å². The minimum absolute atomic E-state index is 0.153. The molecule has 0 aromatic carbocycles. The molecule has 0 atom stereocenters. The molecule has 27 heavy (non-hydrogen) atoms. The van der Waals surface area contributed by atoms with Crippen LogP contribution in [0.1, 0.15) is 56.7 Å². The number of ether oxygens (including phenoxy) is 1. The molecule has 0 unspecified atom stereocenters. The predicted molar refractivity (Wildman–Crippen MR) is 97.9 cm³/mol. The van der Waals surface area contributed by atoms with Gasteiger partial charge in [0.15, 0.2) is 11.5 Å². The third-order valence-corrected chi connectivity index (χ3v) is 5.54. The Morgan fingerprint density at radius 3 is 2.85 bits per heavy atom. The van der Waals surface area contributed by atoms with Crippen LogP contribution in [-0.4, -0.2) is 50.9 Å². The fraction of sp³-hybridized carbons (Fsp3) is 0.684. The van der Waals surface area contributed by atoms with Gasteiger partial charge in [-0.25, -0.2) is 0 Å². The van der Waals surface area contributed by atoms with Gasteiger partial charge in [-0.1, -0.05) is 12.1 Å². The number of likely N-dealkylation sites (N-methyl/N-ethyl adjacent to an activating group) is 1. The number of nitrogens with zero attached hydrogens (tertiary/aromatic N) is 5. The van der Waals surface area contributed by atoms with Crippen molar-refractivity contribution in [3.8, 4) is 11.6 Å². The zero-order valence-electron chi connectivity index (χ0n) is 16.5. The number of carbonyl (C=O) groups is 1. The molecule has 1 aliphatic carbocycles. The monoisotopic (exact) mass is 373 g/mol. The summed E-state index contributed by atoms with van der Waals surface area (Å²) < 4.78 is 13.1. The summed E-state index contributed by atoms with van der Waals surface area (Å²) in [7, 11) is 1.84. The van der Waals surface area contributed by atoms with Gasteiger partial charge < -0.3 is 14.2 Å². The fourth-order valence-electron chi connectivity index (χ4n) is 3.55. The van der Waals surface area contributed by atoms with Crippen molar-refractivity contribution in [2.75, 3.05) is 20.2 Å². The second kappa shape index (κ2) is 6.74. The smallest absolute Gasteiger partial charge is 0.278 e. The van der Waals surface area contributed by atoms with Crippen molar-refractivity contribution in [3.05, 3.63) is 17.1 Å². The summed E-state index contributed by atoms with van der Waals surface area (Å²) >= 11 is 0. The number of carbonyl (C=O) groups excluding carboxylic acids is 1. The second-order valence-corrected chi connectivity index (χ2v) is 8.17. The number of amides is 1. The van der Waals surface area contributed by atoms with Crippen molar-refractivity contribution >= 4 is 5.91 Å². The lowest BCUT2D eigenvalue weighted by atomic mass is 10.1. The van der Waals surface area contributed by atoms with Gasteiger partial charge in [0.25, 0.3) is 5.89 Å². The molecule has 0 saturated heterocycles. The maximum Gasteiger partial charge on any atom is 0.278 e. The van der Waals surface area contributed by atoms with E-state index in [0.717, 1.165) is 24.8 Å². The third-order valence-electron chi connectivity index (χ3n) is 5.54. The first-order chi connectivity index (χ1) is 12.9. The van der Waals surface area contributed by atoms with Crippen LogP contribution in [0.5, 0.6) is 0 Å². The number of rotatable bonds is 6. The summed E-state index contributed by atoms with van der Waals surface area (Å²) in [5.41, 5.74) is 2.79. The normalized spacial score (nSPS) is 17.8. The van der Waals surface area contributed by atoms with Crippen LogP contribution in [0.4, 0.5) is 0 Å². The molecule has 4 rings (SSSR count). The van der Waals surface area contributed by atoms with Crippen LogP contribution in [-0.2, 0) is 29.0 Å². The molecular formula is C19H27N5O3.